The summed E-state index contributed by atoms with van der Waals surface area (Å²) in [6.45, 7) is 17.1. The summed E-state index contributed by atoms with van der Waals surface area (Å²) in [5, 5.41) is 0. The van der Waals surface area contributed by atoms with Crippen molar-refractivity contribution >= 4 is 0 Å². The van der Waals surface area contributed by atoms with Gasteiger partial charge in [0.2, 0.25) is 0 Å². The predicted octanol–water partition coefficient (Wildman–Crippen LogP) is 3.17. The second kappa shape index (κ2) is 7.15. The fraction of sp³-hybridized carbons (Fsp3) is 0.714. The number of rotatable bonds is 4. The Kier molecular flexibility index (Phi) is 5.33. The SMILES string of the molecule is CN1CCN(CC2(C(C)(C)C)CCN(Cc3ccccc3)C2)CC1. The summed E-state index contributed by atoms with van der Waals surface area (Å²) in [6.07, 6.45) is 1.33. The molecule has 1 aromatic rings. The monoisotopic (exact) mass is 329 g/mol. The standard InChI is InChI=1S/C21H35N3/c1-20(2,3)21(17-23-14-12-22(4)13-15-23)10-11-24(18-21)16-19-8-6-5-7-9-19/h5-9H,10-18H2,1-4H3. The van der Waals surface area contributed by atoms with Crippen LogP contribution in [0.3, 0.4) is 0 Å². The van der Waals surface area contributed by atoms with E-state index in [1.165, 1.54) is 57.8 Å². The summed E-state index contributed by atoms with van der Waals surface area (Å²) in [4.78, 5) is 7.85. The molecule has 3 heteroatoms. The predicted molar refractivity (Wildman–Crippen MR) is 102 cm³/mol. The molecule has 0 spiro atoms. The van der Waals surface area contributed by atoms with Crippen LogP contribution in [0.2, 0.25) is 0 Å². The Balaban J connectivity index is 1.67. The first-order valence-corrected chi connectivity index (χ1v) is 9.55. The Bertz CT molecular complexity index is 514. The van der Waals surface area contributed by atoms with Gasteiger partial charge in [-0.1, -0.05) is 51.1 Å². The number of likely N-dealkylation sites (N-methyl/N-ethyl adjacent to an activating group) is 1. The zero-order chi connectivity index (χ0) is 17.2. The van der Waals surface area contributed by atoms with Crippen LogP contribution in [0.15, 0.2) is 30.3 Å². The Morgan fingerprint density at radius 2 is 1.58 bits per heavy atom. The van der Waals surface area contributed by atoms with Crippen molar-refractivity contribution in [1.29, 1.82) is 0 Å². The minimum Gasteiger partial charge on any atom is -0.304 e. The van der Waals surface area contributed by atoms with Gasteiger partial charge >= 0.3 is 0 Å². The highest BCUT2D eigenvalue weighted by Gasteiger charge is 2.47. The Morgan fingerprint density at radius 1 is 0.917 bits per heavy atom. The maximum atomic E-state index is 2.72. The van der Waals surface area contributed by atoms with Gasteiger partial charge in [0.05, 0.1) is 0 Å². The fourth-order valence-electron chi connectivity index (χ4n) is 4.35. The van der Waals surface area contributed by atoms with Gasteiger partial charge in [0.15, 0.2) is 0 Å². The minimum absolute atomic E-state index is 0.349. The number of piperazine rings is 1. The molecule has 1 atom stereocenters. The van der Waals surface area contributed by atoms with Crippen molar-refractivity contribution < 1.29 is 0 Å². The minimum atomic E-state index is 0.349. The highest BCUT2D eigenvalue weighted by Crippen LogP contribution is 2.47. The quantitative estimate of drug-likeness (QED) is 0.840. The highest BCUT2D eigenvalue weighted by molar-refractivity contribution is 5.15. The van der Waals surface area contributed by atoms with E-state index in [2.05, 4.69) is 72.9 Å². The molecule has 0 saturated carbocycles. The molecule has 0 radical (unpaired) electrons. The third-order valence-electron chi connectivity index (χ3n) is 6.40. The molecule has 2 heterocycles. The van der Waals surface area contributed by atoms with Crippen LogP contribution in [-0.4, -0.2) is 67.6 Å². The van der Waals surface area contributed by atoms with E-state index < -0.39 is 0 Å². The van der Waals surface area contributed by atoms with E-state index in [0.29, 0.717) is 10.8 Å². The van der Waals surface area contributed by atoms with Gasteiger partial charge in [0, 0.05) is 51.2 Å². The second-order valence-corrected chi connectivity index (χ2v) is 9.06. The number of hydrogen-bond donors (Lipinski definition) is 0. The molecule has 0 aromatic heterocycles. The molecule has 2 aliphatic heterocycles. The molecule has 0 bridgehead atoms. The maximum absolute atomic E-state index is 2.72. The van der Waals surface area contributed by atoms with Gasteiger partial charge in [0.1, 0.15) is 0 Å². The zero-order valence-electron chi connectivity index (χ0n) is 16.1. The number of likely N-dealkylation sites (tertiary alicyclic amines) is 1. The normalized spacial score (nSPS) is 27.7. The van der Waals surface area contributed by atoms with Gasteiger partial charge in [-0.3, -0.25) is 4.90 Å². The largest absolute Gasteiger partial charge is 0.304 e. The van der Waals surface area contributed by atoms with E-state index >= 15 is 0 Å². The van der Waals surface area contributed by atoms with Crippen LogP contribution >= 0.6 is 0 Å². The molecule has 2 fully saturated rings. The maximum Gasteiger partial charge on any atom is 0.0233 e. The molecule has 3 rings (SSSR count). The summed E-state index contributed by atoms with van der Waals surface area (Å²) in [6, 6.07) is 11.0. The van der Waals surface area contributed by atoms with E-state index in [1.807, 2.05) is 0 Å². The Morgan fingerprint density at radius 3 is 2.21 bits per heavy atom. The van der Waals surface area contributed by atoms with Crippen molar-refractivity contribution in [2.45, 2.75) is 33.7 Å². The van der Waals surface area contributed by atoms with Crippen molar-refractivity contribution in [2.75, 3.05) is 52.9 Å². The molecular weight excluding hydrogens is 294 g/mol. The molecule has 0 N–H and O–H groups in total. The first-order chi connectivity index (χ1) is 11.4. The van der Waals surface area contributed by atoms with Gasteiger partial charge in [-0.15, -0.1) is 0 Å². The Labute approximate surface area is 148 Å². The molecule has 2 saturated heterocycles. The van der Waals surface area contributed by atoms with Crippen molar-refractivity contribution in [3.05, 3.63) is 35.9 Å². The van der Waals surface area contributed by atoms with Crippen molar-refractivity contribution in [3.8, 4) is 0 Å². The van der Waals surface area contributed by atoms with Gasteiger partial charge in [-0.2, -0.15) is 0 Å². The molecule has 24 heavy (non-hydrogen) atoms. The third kappa shape index (κ3) is 4.01. The van der Waals surface area contributed by atoms with Crippen LogP contribution in [0, 0.1) is 10.8 Å². The van der Waals surface area contributed by atoms with Crippen LogP contribution in [0.5, 0.6) is 0 Å². The second-order valence-electron chi connectivity index (χ2n) is 9.06. The van der Waals surface area contributed by atoms with Crippen molar-refractivity contribution in [1.82, 2.24) is 14.7 Å². The average molecular weight is 330 g/mol. The number of nitrogens with zero attached hydrogens (tertiary/aromatic N) is 3. The molecule has 2 aliphatic rings. The Hall–Kier alpha value is -0.900. The molecule has 134 valence electrons. The summed E-state index contributed by atoms with van der Waals surface area (Å²) in [7, 11) is 2.24. The lowest BCUT2D eigenvalue weighted by Crippen LogP contribution is -2.52. The van der Waals surface area contributed by atoms with Crippen LogP contribution in [-0.2, 0) is 6.54 Å². The first-order valence-electron chi connectivity index (χ1n) is 9.55. The average Bonchev–Trinajstić information content (AvgIpc) is 2.94. The van der Waals surface area contributed by atoms with Crippen LogP contribution in [0.25, 0.3) is 0 Å². The summed E-state index contributed by atoms with van der Waals surface area (Å²) >= 11 is 0. The molecule has 0 aliphatic carbocycles. The molecule has 1 unspecified atom stereocenters. The fourth-order valence-corrected chi connectivity index (χ4v) is 4.35. The van der Waals surface area contributed by atoms with Gasteiger partial charge in [-0.25, -0.2) is 0 Å². The molecule has 0 amide bonds. The summed E-state index contributed by atoms with van der Waals surface area (Å²) < 4.78 is 0. The number of benzene rings is 1. The van der Waals surface area contributed by atoms with Crippen LogP contribution in [0.4, 0.5) is 0 Å². The summed E-state index contributed by atoms with van der Waals surface area (Å²) in [5.74, 6) is 0. The lowest BCUT2D eigenvalue weighted by molar-refractivity contribution is 0.0248. The van der Waals surface area contributed by atoms with E-state index in [9.17, 15) is 0 Å². The topological polar surface area (TPSA) is 9.72 Å². The highest BCUT2D eigenvalue weighted by atomic mass is 15.3. The third-order valence-corrected chi connectivity index (χ3v) is 6.40. The lowest BCUT2D eigenvalue weighted by Gasteiger charge is -2.46. The van der Waals surface area contributed by atoms with E-state index in [0.717, 1.165) is 6.54 Å². The number of hydrogen-bond acceptors (Lipinski definition) is 3. The smallest absolute Gasteiger partial charge is 0.0233 e. The zero-order valence-corrected chi connectivity index (χ0v) is 16.1. The van der Waals surface area contributed by atoms with Crippen LogP contribution < -0.4 is 0 Å². The van der Waals surface area contributed by atoms with Gasteiger partial charge in [-0.05, 0) is 31.0 Å². The lowest BCUT2D eigenvalue weighted by atomic mass is 9.65. The van der Waals surface area contributed by atoms with Crippen molar-refractivity contribution in [2.24, 2.45) is 10.8 Å². The summed E-state index contributed by atoms with van der Waals surface area (Å²) in [5.41, 5.74) is 2.21. The first kappa shape index (κ1) is 17.9. The molecular formula is C21H35N3. The van der Waals surface area contributed by atoms with Crippen LogP contribution in [0.1, 0.15) is 32.8 Å². The van der Waals surface area contributed by atoms with E-state index in [1.54, 1.807) is 0 Å². The van der Waals surface area contributed by atoms with E-state index in [-0.39, 0.29) is 0 Å². The van der Waals surface area contributed by atoms with E-state index in [4.69, 9.17) is 0 Å². The van der Waals surface area contributed by atoms with Gasteiger partial charge in [0.25, 0.3) is 0 Å². The molecule has 3 nitrogen and oxygen atoms in total. The van der Waals surface area contributed by atoms with Gasteiger partial charge < -0.3 is 9.80 Å². The van der Waals surface area contributed by atoms with Crippen molar-refractivity contribution in [3.63, 3.8) is 0 Å². The molecule has 1 aromatic carbocycles.